The van der Waals surface area contributed by atoms with Gasteiger partial charge in [-0.2, -0.15) is 0 Å². The minimum atomic E-state index is 0.0857. The number of anilines is 1. The molecule has 0 amide bonds. The molecule has 0 aromatic heterocycles. The minimum Gasteiger partial charge on any atom is -0.368 e. The molecule has 0 saturated carbocycles. The van der Waals surface area contributed by atoms with E-state index in [1.807, 2.05) is 6.92 Å². The summed E-state index contributed by atoms with van der Waals surface area (Å²) in [6, 6.07) is 7.28. The molecule has 2 N–H and O–H groups in total. The molecule has 0 bridgehead atoms. The molecule has 2 atom stereocenters. The van der Waals surface area contributed by atoms with E-state index in [1.165, 1.54) is 17.7 Å². The first-order chi connectivity index (χ1) is 9.52. The monoisotopic (exact) mass is 339 g/mol. The molecule has 1 fully saturated rings. The van der Waals surface area contributed by atoms with Crippen LogP contribution in [0.15, 0.2) is 22.7 Å². The van der Waals surface area contributed by atoms with Gasteiger partial charge in [0.05, 0.1) is 5.69 Å². The Morgan fingerprint density at radius 1 is 1.20 bits per heavy atom. The van der Waals surface area contributed by atoms with E-state index < -0.39 is 0 Å². The van der Waals surface area contributed by atoms with Gasteiger partial charge >= 0.3 is 0 Å². The van der Waals surface area contributed by atoms with Crippen LogP contribution in [0.2, 0.25) is 0 Å². The molecule has 0 spiro atoms. The number of hydrogen-bond acceptors (Lipinski definition) is 3. The second-order valence-electron chi connectivity index (χ2n) is 5.78. The van der Waals surface area contributed by atoms with Crippen LogP contribution >= 0.6 is 15.9 Å². The summed E-state index contributed by atoms with van der Waals surface area (Å²) in [5.41, 5.74) is 8.41. The molecule has 2 rings (SSSR count). The lowest BCUT2D eigenvalue weighted by molar-refractivity contribution is 0.193. The number of nitrogens with two attached hydrogens (primary N) is 1. The Balaban J connectivity index is 2.04. The highest BCUT2D eigenvalue weighted by molar-refractivity contribution is 9.10. The molecular formula is C16H26BrN3. The second-order valence-corrected chi connectivity index (χ2v) is 6.63. The molecule has 20 heavy (non-hydrogen) atoms. The molecule has 1 aliphatic rings. The Hall–Kier alpha value is -0.580. The summed E-state index contributed by atoms with van der Waals surface area (Å²) in [7, 11) is 0. The Morgan fingerprint density at radius 3 is 2.35 bits per heavy atom. The van der Waals surface area contributed by atoms with Crippen molar-refractivity contribution in [1.82, 2.24) is 4.90 Å². The van der Waals surface area contributed by atoms with Crippen LogP contribution in [-0.2, 0) is 0 Å². The fraction of sp³-hybridized carbons (Fsp3) is 0.625. The average molecular weight is 340 g/mol. The van der Waals surface area contributed by atoms with Crippen molar-refractivity contribution in [2.75, 3.05) is 31.1 Å². The summed E-state index contributed by atoms with van der Waals surface area (Å²) >= 11 is 3.70. The number of piperazine rings is 1. The van der Waals surface area contributed by atoms with Crippen molar-refractivity contribution in [2.24, 2.45) is 5.73 Å². The van der Waals surface area contributed by atoms with E-state index in [0.29, 0.717) is 6.04 Å². The van der Waals surface area contributed by atoms with Crippen LogP contribution in [-0.4, -0.2) is 37.1 Å². The smallest absolute Gasteiger partial charge is 0.0511 e. The van der Waals surface area contributed by atoms with Crippen LogP contribution in [0.1, 0.15) is 38.8 Å². The minimum absolute atomic E-state index is 0.0857. The number of rotatable bonds is 4. The second kappa shape index (κ2) is 6.92. The van der Waals surface area contributed by atoms with E-state index in [0.717, 1.165) is 30.7 Å². The highest BCUT2D eigenvalue weighted by Gasteiger charge is 2.21. The highest BCUT2D eigenvalue weighted by Crippen LogP contribution is 2.30. The molecule has 1 aliphatic heterocycles. The van der Waals surface area contributed by atoms with E-state index in [1.54, 1.807) is 0 Å². The van der Waals surface area contributed by atoms with E-state index >= 15 is 0 Å². The van der Waals surface area contributed by atoms with Crippen molar-refractivity contribution >= 4 is 21.6 Å². The van der Waals surface area contributed by atoms with Crippen LogP contribution in [0.4, 0.5) is 5.69 Å². The lowest BCUT2D eigenvalue weighted by Crippen LogP contribution is -2.49. The van der Waals surface area contributed by atoms with Crippen molar-refractivity contribution in [3.63, 3.8) is 0 Å². The maximum atomic E-state index is 5.94. The highest BCUT2D eigenvalue weighted by atomic mass is 79.9. The maximum absolute atomic E-state index is 5.94. The molecule has 1 unspecified atom stereocenters. The van der Waals surface area contributed by atoms with Crippen molar-refractivity contribution < 1.29 is 0 Å². The zero-order chi connectivity index (χ0) is 14.7. The van der Waals surface area contributed by atoms with Gasteiger partial charge in [0.25, 0.3) is 0 Å². The van der Waals surface area contributed by atoms with Crippen molar-refractivity contribution in [2.45, 2.75) is 39.3 Å². The molecule has 1 aromatic carbocycles. The Bertz CT molecular complexity index is 439. The summed E-state index contributed by atoms with van der Waals surface area (Å²) in [5, 5.41) is 0. The normalized spacial score (nSPS) is 19.9. The lowest BCUT2D eigenvalue weighted by Gasteiger charge is -2.39. The van der Waals surface area contributed by atoms with Crippen molar-refractivity contribution in [1.29, 1.82) is 0 Å². The summed E-state index contributed by atoms with van der Waals surface area (Å²) in [6.45, 7) is 11.1. The van der Waals surface area contributed by atoms with Gasteiger partial charge in [-0.05, 0) is 53.9 Å². The van der Waals surface area contributed by atoms with Gasteiger partial charge in [0, 0.05) is 42.7 Å². The quantitative estimate of drug-likeness (QED) is 0.912. The van der Waals surface area contributed by atoms with Gasteiger partial charge in [-0.1, -0.05) is 13.0 Å². The van der Waals surface area contributed by atoms with Gasteiger partial charge < -0.3 is 10.6 Å². The van der Waals surface area contributed by atoms with Gasteiger partial charge in [0.2, 0.25) is 0 Å². The number of halogens is 1. The molecule has 112 valence electrons. The van der Waals surface area contributed by atoms with Gasteiger partial charge in [-0.15, -0.1) is 0 Å². The molecule has 1 aromatic rings. The van der Waals surface area contributed by atoms with E-state index in [4.69, 9.17) is 5.73 Å². The molecular weight excluding hydrogens is 314 g/mol. The number of benzene rings is 1. The van der Waals surface area contributed by atoms with E-state index in [9.17, 15) is 0 Å². The van der Waals surface area contributed by atoms with Crippen LogP contribution in [0.25, 0.3) is 0 Å². The van der Waals surface area contributed by atoms with Gasteiger partial charge in [-0.3, -0.25) is 4.90 Å². The van der Waals surface area contributed by atoms with Crippen LogP contribution in [0, 0.1) is 0 Å². The van der Waals surface area contributed by atoms with Crippen molar-refractivity contribution in [3.8, 4) is 0 Å². The van der Waals surface area contributed by atoms with Crippen molar-refractivity contribution in [3.05, 3.63) is 28.2 Å². The number of nitrogens with zero attached hydrogens (tertiary/aromatic N) is 2. The third-order valence-corrected chi connectivity index (χ3v) is 5.00. The zero-order valence-corrected chi connectivity index (χ0v) is 14.4. The van der Waals surface area contributed by atoms with E-state index in [-0.39, 0.29) is 6.04 Å². The standard InChI is InChI=1S/C16H26BrN3/c1-4-12(2)19-7-9-20(10-8-19)16-6-5-14(13(3)18)11-15(16)17/h5-6,11-13H,4,7-10,18H2,1-3H3/t12?,13-/m1/s1. The summed E-state index contributed by atoms with van der Waals surface area (Å²) in [5.74, 6) is 0. The average Bonchev–Trinajstić information content (AvgIpc) is 2.46. The van der Waals surface area contributed by atoms with Crippen LogP contribution in [0.3, 0.4) is 0 Å². The Labute approximate surface area is 131 Å². The predicted octanol–water partition coefficient (Wildman–Crippen LogP) is 3.39. The lowest BCUT2D eigenvalue weighted by atomic mass is 10.1. The zero-order valence-electron chi connectivity index (χ0n) is 12.8. The molecule has 1 saturated heterocycles. The molecule has 0 aliphatic carbocycles. The predicted molar refractivity (Wildman–Crippen MR) is 90.3 cm³/mol. The third-order valence-electron chi connectivity index (χ3n) is 4.37. The van der Waals surface area contributed by atoms with Crippen LogP contribution < -0.4 is 10.6 Å². The maximum Gasteiger partial charge on any atom is 0.0511 e. The third kappa shape index (κ3) is 3.54. The van der Waals surface area contributed by atoms with Crippen LogP contribution in [0.5, 0.6) is 0 Å². The first-order valence-corrected chi connectivity index (χ1v) is 8.36. The molecule has 3 nitrogen and oxygen atoms in total. The molecule has 1 heterocycles. The van der Waals surface area contributed by atoms with Gasteiger partial charge in [0.15, 0.2) is 0 Å². The first-order valence-electron chi connectivity index (χ1n) is 7.57. The SMILES string of the molecule is CCC(C)N1CCN(c2ccc([C@@H](C)N)cc2Br)CC1. The van der Waals surface area contributed by atoms with Gasteiger partial charge in [-0.25, -0.2) is 0 Å². The largest absolute Gasteiger partial charge is 0.368 e. The fourth-order valence-electron chi connectivity index (χ4n) is 2.72. The molecule has 0 radical (unpaired) electrons. The van der Waals surface area contributed by atoms with Gasteiger partial charge in [0.1, 0.15) is 0 Å². The summed E-state index contributed by atoms with van der Waals surface area (Å²) in [6.07, 6.45) is 1.23. The molecule has 4 heteroatoms. The number of hydrogen-bond donors (Lipinski definition) is 1. The summed E-state index contributed by atoms with van der Waals surface area (Å²) < 4.78 is 1.16. The Kier molecular flexibility index (Phi) is 5.47. The summed E-state index contributed by atoms with van der Waals surface area (Å²) in [4.78, 5) is 5.05. The fourth-order valence-corrected chi connectivity index (χ4v) is 3.37. The first kappa shape index (κ1) is 15.8. The topological polar surface area (TPSA) is 32.5 Å². The van der Waals surface area contributed by atoms with E-state index in [2.05, 4.69) is 57.8 Å². The Morgan fingerprint density at radius 2 is 1.85 bits per heavy atom.